The standard InChI is InChI=1S/C12H21NOS/c1-10(11-5-7-14-9-11)13-6-8-15-12(2,3)4/h5,7,9-10,13H,6,8H2,1-4H3. The maximum Gasteiger partial charge on any atom is 0.0950 e. The van der Waals surface area contributed by atoms with Crippen molar-refractivity contribution in [2.24, 2.45) is 0 Å². The van der Waals surface area contributed by atoms with Gasteiger partial charge in [-0.3, -0.25) is 0 Å². The lowest BCUT2D eigenvalue weighted by molar-refractivity contribution is 0.546. The Morgan fingerprint density at radius 1 is 1.47 bits per heavy atom. The van der Waals surface area contributed by atoms with Gasteiger partial charge in [0.15, 0.2) is 0 Å². The fraction of sp³-hybridized carbons (Fsp3) is 0.667. The van der Waals surface area contributed by atoms with E-state index in [1.54, 1.807) is 12.5 Å². The van der Waals surface area contributed by atoms with Gasteiger partial charge in [-0.1, -0.05) is 20.8 Å². The van der Waals surface area contributed by atoms with Crippen LogP contribution in [0.15, 0.2) is 23.0 Å². The normalized spacial score (nSPS) is 14.1. The Morgan fingerprint density at radius 3 is 2.73 bits per heavy atom. The second-order valence-electron chi connectivity index (χ2n) is 4.69. The van der Waals surface area contributed by atoms with Crippen molar-refractivity contribution < 1.29 is 4.42 Å². The maximum absolute atomic E-state index is 5.05. The third-order valence-electron chi connectivity index (χ3n) is 2.13. The summed E-state index contributed by atoms with van der Waals surface area (Å²) in [4.78, 5) is 0. The minimum absolute atomic E-state index is 0.362. The van der Waals surface area contributed by atoms with E-state index in [1.165, 1.54) is 5.56 Å². The van der Waals surface area contributed by atoms with Crippen LogP contribution in [0.5, 0.6) is 0 Å². The van der Waals surface area contributed by atoms with Gasteiger partial charge in [0, 0.05) is 28.6 Å². The third kappa shape index (κ3) is 5.28. The van der Waals surface area contributed by atoms with Crippen LogP contribution in [0.4, 0.5) is 0 Å². The summed E-state index contributed by atoms with van der Waals surface area (Å²) in [6.45, 7) is 9.94. The van der Waals surface area contributed by atoms with Gasteiger partial charge in [-0.25, -0.2) is 0 Å². The highest BCUT2D eigenvalue weighted by Gasteiger charge is 2.10. The molecule has 1 N–H and O–H groups in total. The van der Waals surface area contributed by atoms with E-state index in [2.05, 4.69) is 33.0 Å². The largest absolute Gasteiger partial charge is 0.472 e. The molecule has 0 aliphatic carbocycles. The first kappa shape index (κ1) is 12.7. The van der Waals surface area contributed by atoms with Gasteiger partial charge in [-0.2, -0.15) is 11.8 Å². The molecule has 1 rings (SSSR count). The molecule has 0 spiro atoms. The lowest BCUT2D eigenvalue weighted by Crippen LogP contribution is -2.22. The lowest BCUT2D eigenvalue weighted by Gasteiger charge is -2.18. The summed E-state index contributed by atoms with van der Waals surface area (Å²) in [7, 11) is 0. The van der Waals surface area contributed by atoms with Gasteiger partial charge in [0.2, 0.25) is 0 Å². The fourth-order valence-electron chi connectivity index (χ4n) is 1.27. The van der Waals surface area contributed by atoms with Crippen molar-refractivity contribution >= 4 is 11.8 Å². The topological polar surface area (TPSA) is 25.2 Å². The molecule has 1 unspecified atom stereocenters. The van der Waals surface area contributed by atoms with Crippen LogP contribution in [0.2, 0.25) is 0 Å². The van der Waals surface area contributed by atoms with Crippen molar-refractivity contribution in [2.75, 3.05) is 12.3 Å². The van der Waals surface area contributed by atoms with E-state index in [-0.39, 0.29) is 0 Å². The molecule has 15 heavy (non-hydrogen) atoms. The zero-order valence-electron chi connectivity index (χ0n) is 10.0. The number of hydrogen-bond acceptors (Lipinski definition) is 3. The smallest absolute Gasteiger partial charge is 0.0950 e. The number of thioether (sulfide) groups is 1. The molecule has 1 aromatic heterocycles. The highest BCUT2D eigenvalue weighted by atomic mass is 32.2. The van der Waals surface area contributed by atoms with Crippen molar-refractivity contribution in [3.8, 4) is 0 Å². The summed E-state index contributed by atoms with van der Waals surface area (Å²) in [6.07, 6.45) is 3.52. The first-order valence-corrected chi connectivity index (χ1v) is 6.37. The van der Waals surface area contributed by atoms with Gasteiger partial charge in [-0.15, -0.1) is 0 Å². The molecule has 0 fully saturated rings. The summed E-state index contributed by atoms with van der Waals surface area (Å²) < 4.78 is 5.41. The van der Waals surface area contributed by atoms with Crippen LogP contribution in [0.1, 0.15) is 39.3 Å². The number of nitrogens with one attached hydrogen (secondary N) is 1. The molecule has 0 radical (unpaired) electrons. The predicted octanol–water partition coefficient (Wildman–Crippen LogP) is 3.46. The average Bonchev–Trinajstić information content (AvgIpc) is 2.63. The zero-order valence-corrected chi connectivity index (χ0v) is 10.9. The minimum atomic E-state index is 0.362. The van der Waals surface area contributed by atoms with Crippen molar-refractivity contribution in [1.29, 1.82) is 0 Å². The van der Waals surface area contributed by atoms with Crippen molar-refractivity contribution in [3.63, 3.8) is 0 Å². The maximum atomic E-state index is 5.05. The Bertz CT molecular complexity index is 264. The van der Waals surface area contributed by atoms with E-state index in [1.807, 2.05) is 17.8 Å². The number of furan rings is 1. The van der Waals surface area contributed by atoms with Crippen LogP contribution in [0.25, 0.3) is 0 Å². The molecular weight excluding hydrogens is 206 g/mol. The second-order valence-corrected chi connectivity index (χ2v) is 6.61. The monoisotopic (exact) mass is 227 g/mol. The lowest BCUT2D eigenvalue weighted by atomic mass is 10.2. The van der Waals surface area contributed by atoms with Crippen LogP contribution in [-0.4, -0.2) is 17.0 Å². The molecule has 0 saturated carbocycles. The Labute approximate surface area is 96.8 Å². The van der Waals surface area contributed by atoms with E-state index < -0.39 is 0 Å². The average molecular weight is 227 g/mol. The Kier molecular flexibility index (Phi) is 4.74. The molecule has 86 valence electrons. The van der Waals surface area contributed by atoms with E-state index in [0.717, 1.165) is 12.3 Å². The van der Waals surface area contributed by atoms with Gasteiger partial charge >= 0.3 is 0 Å². The molecule has 0 aliphatic heterocycles. The summed E-state index contributed by atoms with van der Waals surface area (Å²) in [5.74, 6) is 1.14. The number of hydrogen-bond donors (Lipinski definition) is 1. The Balaban J connectivity index is 2.16. The third-order valence-corrected chi connectivity index (χ3v) is 3.41. The first-order chi connectivity index (χ1) is 6.99. The molecule has 0 bridgehead atoms. The molecule has 0 amide bonds. The van der Waals surface area contributed by atoms with Crippen LogP contribution in [0, 0.1) is 0 Å². The Hall–Kier alpha value is -0.410. The van der Waals surface area contributed by atoms with E-state index in [0.29, 0.717) is 10.8 Å². The molecule has 1 aromatic rings. The van der Waals surface area contributed by atoms with Crippen LogP contribution >= 0.6 is 11.8 Å². The highest BCUT2D eigenvalue weighted by Crippen LogP contribution is 2.22. The zero-order chi connectivity index (χ0) is 11.3. The van der Waals surface area contributed by atoms with Gasteiger partial charge in [0.1, 0.15) is 0 Å². The minimum Gasteiger partial charge on any atom is -0.472 e. The number of rotatable bonds is 5. The molecule has 1 heterocycles. The second kappa shape index (κ2) is 5.61. The quantitative estimate of drug-likeness (QED) is 0.780. The first-order valence-electron chi connectivity index (χ1n) is 5.38. The predicted molar refractivity (Wildman–Crippen MR) is 67.3 cm³/mol. The van der Waals surface area contributed by atoms with Gasteiger partial charge in [0.25, 0.3) is 0 Å². The van der Waals surface area contributed by atoms with Crippen LogP contribution in [0.3, 0.4) is 0 Å². The van der Waals surface area contributed by atoms with Crippen LogP contribution < -0.4 is 5.32 Å². The Morgan fingerprint density at radius 2 is 2.20 bits per heavy atom. The molecule has 2 nitrogen and oxygen atoms in total. The molecule has 1 atom stereocenters. The van der Waals surface area contributed by atoms with Crippen LogP contribution in [-0.2, 0) is 0 Å². The molecule has 0 aliphatic rings. The van der Waals surface area contributed by atoms with E-state index in [4.69, 9.17) is 4.42 Å². The van der Waals surface area contributed by atoms with Gasteiger partial charge in [-0.05, 0) is 13.0 Å². The summed E-state index contributed by atoms with van der Waals surface area (Å²) in [5.41, 5.74) is 1.22. The fourth-order valence-corrected chi connectivity index (χ4v) is 2.10. The summed E-state index contributed by atoms with van der Waals surface area (Å²) >= 11 is 1.99. The SMILES string of the molecule is CC(NCCSC(C)(C)C)c1ccoc1. The molecule has 3 heteroatoms. The highest BCUT2D eigenvalue weighted by molar-refractivity contribution is 8.00. The van der Waals surface area contributed by atoms with Gasteiger partial charge < -0.3 is 9.73 Å². The van der Waals surface area contributed by atoms with E-state index in [9.17, 15) is 0 Å². The molecule has 0 saturated heterocycles. The summed E-state index contributed by atoms with van der Waals surface area (Å²) in [5, 5.41) is 3.48. The van der Waals surface area contributed by atoms with Crippen molar-refractivity contribution in [1.82, 2.24) is 5.32 Å². The van der Waals surface area contributed by atoms with Crippen molar-refractivity contribution in [2.45, 2.75) is 38.5 Å². The van der Waals surface area contributed by atoms with E-state index >= 15 is 0 Å². The van der Waals surface area contributed by atoms with Crippen molar-refractivity contribution in [3.05, 3.63) is 24.2 Å². The molecule has 0 aromatic carbocycles. The summed E-state index contributed by atoms with van der Waals surface area (Å²) in [6, 6.07) is 2.39. The molecular formula is C12H21NOS. The van der Waals surface area contributed by atoms with Gasteiger partial charge in [0.05, 0.1) is 12.5 Å².